The Morgan fingerprint density at radius 3 is 2.33 bits per heavy atom. The van der Waals surface area contributed by atoms with E-state index in [1.54, 1.807) is 38.3 Å². The van der Waals surface area contributed by atoms with Crippen LogP contribution in [0.25, 0.3) is 0 Å². The molecule has 1 aromatic carbocycles. The summed E-state index contributed by atoms with van der Waals surface area (Å²) in [5.74, 6) is 0.821. The fourth-order valence-electron chi connectivity index (χ4n) is 1.64. The first kappa shape index (κ1) is 16.8. The van der Waals surface area contributed by atoms with Crippen LogP contribution in [0.2, 0.25) is 0 Å². The number of esters is 1. The number of nitrogens with one attached hydrogen (secondary N) is 1. The quantitative estimate of drug-likeness (QED) is 0.581. The van der Waals surface area contributed by atoms with Crippen LogP contribution in [-0.4, -0.2) is 38.7 Å². The van der Waals surface area contributed by atoms with E-state index >= 15 is 0 Å². The molecule has 21 heavy (non-hydrogen) atoms. The predicted molar refractivity (Wildman–Crippen MR) is 77.3 cm³/mol. The Balaban J connectivity index is 2.21. The molecule has 1 N–H and O–H groups in total. The Kier molecular flexibility index (Phi) is 7.08. The first-order valence-corrected chi connectivity index (χ1v) is 6.71. The van der Waals surface area contributed by atoms with Crippen molar-refractivity contribution in [2.75, 3.05) is 20.8 Å². The van der Waals surface area contributed by atoms with E-state index in [0.29, 0.717) is 13.0 Å². The molecule has 0 bridgehead atoms. The highest BCUT2D eigenvalue weighted by atomic mass is 16.5. The molecular weight excluding hydrogens is 274 g/mol. The standard InChI is InChI=1S/C15H21NO5/c1-11(15(18)20-3)16-14(17)5-4-10-21-13-8-6-12(19-2)7-9-13/h6-9,11H,4-5,10H2,1-3H3,(H,16,17). The largest absolute Gasteiger partial charge is 0.497 e. The Hall–Kier alpha value is -2.24. The molecular formula is C15H21NO5. The molecule has 1 amide bonds. The number of methoxy groups -OCH3 is 2. The molecule has 0 spiro atoms. The molecule has 116 valence electrons. The molecule has 0 heterocycles. The van der Waals surface area contributed by atoms with Crippen LogP contribution in [0, 0.1) is 0 Å². The lowest BCUT2D eigenvalue weighted by Gasteiger charge is -2.11. The minimum absolute atomic E-state index is 0.203. The van der Waals surface area contributed by atoms with Gasteiger partial charge in [0.2, 0.25) is 5.91 Å². The van der Waals surface area contributed by atoms with Gasteiger partial charge in [0.1, 0.15) is 17.5 Å². The molecule has 1 aromatic rings. The van der Waals surface area contributed by atoms with Crippen molar-refractivity contribution in [3.05, 3.63) is 24.3 Å². The van der Waals surface area contributed by atoms with Gasteiger partial charge >= 0.3 is 5.97 Å². The Morgan fingerprint density at radius 2 is 1.76 bits per heavy atom. The molecule has 0 saturated carbocycles. The second-order valence-electron chi connectivity index (χ2n) is 4.44. The highest BCUT2D eigenvalue weighted by molar-refractivity contribution is 5.83. The number of hydrogen-bond acceptors (Lipinski definition) is 5. The molecule has 6 nitrogen and oxygen atoms in total. The third-order valence-electron chi connectivity index (χ3n) is 2.81. The monoisotopic (exact) mass is 295 g/mol. The van der Waals surface area contributed by atoms with Crippen LogP contribution in [0.15, 0.2) is 24.3 Å². The first-order valence-electron chi connectivity index (χ1n) is 6.71. The lowest BCUT2D eigenvalue weighted by atomic mass is 10.2. The summed E-state index contributed by atoms with van der Waals surface area (Å²) in [7, 11) is 2.89. The normalized spacial score (nSPS) is 11.4. The average molecular weight is 295 g/mol. The average Bonchev–Trinajstić information content (AvgIpc) is 2.51. The number of benzene rings is 1. The molecule has 1 unspecified atom stereocenters. The van der Waals surface area contributed by atoms with Gasteiger partial charge in [0.25, 0.3) is 0 Å². The summed E-state index contributed by atoms with van der Waals surface area (Å²) >= 11 is 0. The number of ether oxygens (including phenoxy) is 3. The van der Waals surface area contributed by atoms with E-state index in [-0.39, 0.29) is 12.3 Å². The second-order valence-corrected chi connectivity index (χ2v) is 4.44. The van der Waals surface area contributed by atoms with Gasteiger partial charge in [-0.1, -0.05) is 0 Å². The molecule has 0 saturated heterocycles. The number of rotatable bonds is 8. The van der Waals surface area contributed by atoms with E-state index < -0.39 is 12.0 Å². The summed E-state index contributed by atoms with van der Waals surface area (Å²) in [5, 5.41) is 2.56. The van der Waals surface area contributed by atoms with Gasteiger partial charge < -0.3 is 19.5 Å². The molecule has 6 heteroatoms. The van der Waals surface area contributed by atoms with Crippen LogP contribution in [0.3, 0.4) is 0 Å². The predicted octanol–water partition coefficient (Wildman–Crippen LogP) is 1.53. The Labute approximate surface area is 124 Å². The topological polar surface area (TPSA) is 73.9 Å². The molecule has 1 rings (SSSR count). The number of carbonyl (C=O) groups excluding carboxylic acids is 2. The zero-order valence-electron chi connectivity index (χ0n) is 12.5. The van der Waals surface area contributed by atoms with E-state index in [1.807, 2.05) is 0 Å². The van der Waals surface area contributed by atoms with Crippen molar-refractivity contribution in [1.29, 1.82) is 0 Å². The lowest BCUT2D eigenvalue weighted by Crippen LogP contribution is -2.39. The van der Waals surface area contributed by atoms with Crippen LogP contribution >= 0.6 is 0 Å². The lowest BCUT2D eigenvalue weighted by molar-refractivity contribution is -0.144. The fraction of sp³-hybridized carbons (Fsp3) is 0.467. The zero-order chi connectivity index (χ0) is 15.7. The molecule has 0 aliphatic rings. The fourth-order valence-corrected chi connectivity index (χ4v) is 1.64. The van der Waals surface area contributed by atoms with E-state index in [4.69, 9.17) is 9.47 Å². The van der Waals surface area contributed by atoms with E-state index in [2.05, 4.69) is 10.1 Å². The van der Waals surface area contributed by atoms with Gasteiger partial charge in [-0.15, -0.1) is 0 Å². The van der Waals surface area contributed by atoms with Crippen molar-refractivity contribution >= 4 is 11.9 Å². The maximum absolute atomic E-state index is 11.6. The zero-order valence-corrected chi connectivity index (χ0v) is 12.5. The van der Waals surface area contributed by atoms with Crippen molar-refractivity contribution in [2.24, 2.45) is 0 Å². The minimum atomic E-state index is -0.634. The van der Waals surface area contributed by atoms with Crippen LogP contribution in [0.5, 0.6) is 11.5 Å². The van der Waals surface area contributed by atoms with Crippen molar-refractivity contribution in [2.45, 2.75) is 25.8 Å². The van der Waals surface area contributed by atoms with Gasteiger partial charge in [-0.2, -0.15) is 0 Å². The van der Waals surface area contributed by atoms with Gasteiger partial charge in [-0.3, -0.25) is 4.79 Å². The summed E-state index contributed by atoms with van der Waals surface area (Å²) < 4.78 is 15.1. The first-order chi connectivity index (χ1) is 10.1. The van der Waals surface area contributed by atoms with Crippen molar-refractivity contribution < 1.29 is 23.8 Å². The molecule has 0 radical (unpaired) electrons. The second kappa shape index (κ2) is 8.84. The van der Waals surface area contributed by atoms with Crippen LogP contribution < -0.4 is 14.8 Å². The maximum Gasteiger partial charge on any atom is 0.328 e. The molecule has 0 aliphatic carbocycles. The summed E-state index contributed by atoms with van der Waals surface area (Å²) in [6, 6.07) is 6.58. The third-order valence-corrected chi connectivity index (χ3v) is 2.81. The SMILES string of the molecule is COC(=O)C(C)NC(=O)CCCOc1ccc(OC)cc1. The molecule has 0 aromatic heterocycles. The Bertz CT molecular complexity index is 458. The van der Waals surface area contributed by atoms with Gasteiger partial charge in [0, 0.05) is 6.42 Å². The van der Waals surface area contributed by atoms with E-state index in [9.17, 15) is 9.59 Å². The summed E-state index contributed by atoms with van der Waals surface area (Å²) in [5.41, 5.74) is 0. The summed E-state index contributed by atoms with van der Waals surface area (Å²) in [4.78, 5) is 22.7. The van der Waals surface area contributed by atoms with Crippen LogP contribution in [0.1, 0.15) is 19.8 Å². The Morgan fingerprint density at radius 1 is 1.14 bits per heavy atom. The summed E-state index contributed by atoms with van der Waals surface area (Å²) in [6.07, 6.45) is 0.850. The highest BCUT2D eigenvalue weighted by Crippen LogP contribution is 2.17. The maximum atomic E-state index is 11.6. The minimum Gasteiger partial charge on any atom is -0.497 e. The number of amides is 1. The van der Waals surface area contributed by atoms with Crippen LogP contribution in [-0.2, 0) is 14.3 Å². The number of hydrogen-bond donors (Lipinski definition) is 1. The molecule has 0 aliphatic heterocycles. The van der Waals surface area contributed by atoms with Gasteiger partial charge in [-0.05, 0) is 37.6 Å². The van der Waals surface area contributed by atoms with Crippen molar-refractivity contribution in [3.8, 4) is 11.5 Å². The van der Waals surface area contributed by atoms with Gasteiger partial charge in [0.15, 0.2) is 0 Å². The number of carbonyl (C=O) groups is 2. The van der Waals surface area contributed by atoms with Gasteiger partial charge in [0.05, 0.1) is 20.8 Å². The third kappa shape index (κ3) is 6.16. The summed E-state index contributed by atoms with van der Waals surface area (Å²) in [6.45, 7) is 2.00. The van der Waals surface area contributed by atoms with Crippen molar-refractivity contribution in [1.82, 2.24) is 5.32 Å². The molecule has 0 fully saturated rings. The van der Waals surface area contributed by atoms with Gasteiger partial charge in [-0.25, -0.2) is 4.79 Å². The van der Waals surface area contributed by atoms with E-state index in [1.165, 1.54) is 7.11 Å². The van der Waals surface area contributed by atoms with Crippen molar-refractivity contribution in [3.63, 3.8) is 0 Å². The smallest absolute Gasteiger partial charge is 0.328 e. The molecule has 1 atom stereocenters. The van der Waals surface area contributed by atoms with Crippen LogP contribution in [0.4, 0.5) is 0 Å². The highest BCUT2D eigenvalue weighted by Gasteiger charge is 2.15. The van der Waals surface area contributed by atoms with E-state index in [0.717, 1.165) is 11.5 Å².